The van der Waals surface area contributed by atoms with Crippen LogP contribution in [-0.2, 0) is 20.7 Å². The van der Waals surface area contributed by atoms with Gasteiger partial charge in [0.2, 0.25) is 5.91 Å². The number of aryl methyl sites for hydroxylation is 1. The fourth-order valence-electron chi connectivity index (χ4n) is 5.03. The van der Waals surface area contributed by atoms with E-state index >= 15 is 0 Å². The summed E-state index contributed by atoms with van der Waals surface area (Å²) in [5, 5.41) is 11.3. The summed E-state index contributed by atoms with van der Waals surface area (Å²) in [6.07, 6.45) is 1.73. The van der Waals surface area contributed by atoms with Gasteiger partial charge in [-0.25, -0.2) is 9.59 Å². The quantitative estimate of drug-likeness (QED) is 0.168. The molecule has 0 saturated heterocycles. The zero-order chi connectivity index (χ0) is 34.2. The molecule has 2 unspecified atom stereocenters. The normalized spacial score (nSPS) is 15.6. The second-order valence-corrected chi connectivity index (χ2v) is 13.8. The van der Waals surface area contributed by atoms with E-state index in [0.29, 0.717) is 54.6 Å². The summed E-state index contributed by atoms with van der Waals surface area (Å²) in [6, 6.07) is 22.1. The molecule has 0 bridgehead atoms. The van der Waals surface area contributed by atoms with Gasteiger partial charge >= 0.3 is 12.2 Å². The molecule has 0 spiro atoms. The number of rotatable bonds is 11. The fraction of sp³-hybridized carbons (Fsp3) is 0.405. The van der Waals surface area contributed by atoms with Gasteiger partial charge in [-0.1, -0.05) is 36.4 Å². The summed E-state index contributed by atoms with van der Waals surface area (Å²) in [5.41, 5.74) is 3.16. The van der Waals surface area contributed by atoms with Crippen molar-refractivity contribution in [3.8, 4) is 0 Å². The third-order valence-corrected chi connectivity index (χ3v) is 7.35. The van der Waals surface area contributed by atoms with Gasteiger partial charge in [-0.15, -0.1) is 0 Å². The number of ether oxygens (including phenoxy) is 2. The van der Waals surface area contributed by atoms with Crippen molar-refractivity contribution in [3.63, 3.8) is 0 Å². The Morgan fingerprint density at radius 1 is 0.723 bits per heavy atom. The van der Waals surface area contributed by atoms with E-state index in [1.807, 2.05) is 57.2 Å². The van der Waals surface area contributed by atoms with Crippen LogP contribution in [0.1, 0.15) is 88.2 Å². The number of anilines is 3. The Labute approximate surface area is 277 Å². The van der Waals surface area contributed by atoms with Crippen molar-refractivity contribution in [2.75, 3.05) is 22.5 Å². The largest absolute Gasteiger partial charge is 0.444 e. The number of alkyl carbamates (subject to hydrolysis) is 1. The first-order valence-electron chi connectivity index (χ1n) is 16.0. The molecule has 3 aromatic carbocycles. The summed E-state index contributed by atoms with van der Waals surface area (Å²) in [5.74, 6) is 0.411. The third-order valence-electron chi connectivity index (χ3n) is 7.35. The molecule has 0 aromatic heterocycles. The van der Waals surface area contributed by atoms with Gasteiger partial charge in [0.05, 0.1) is 11.4 Å². The number of amides is 4. The molecule has 2 atom stereocenters. The van der Waals surface area contributed by atoms with E-state index in [1.165, 1.54) is 5.56 Å². The van der Waals surface area contributed by atoms with Crippen LogP contribution in [0.25, 0.3) is 0 Å². The maximum absolute atomic E-state index is 12.9. The number of benzene rings is 3. The highest BCUT2D eigenvalue weighted by molar-refractivity contribution is 6.06. The zero-order valence-corrected chi connectivity index (χ0v) is 28.1. The maximum atomic E-state index is 12.9. The topological polar surface area (TPSA) is 135 Å². The number of nitrogens with one attached hydrogen (secondary N) is 4. The van der Waals surface area contributed by atoms with E-state index in [2.05, 4.69) is 21.3 Å². The Bertz CT molecular complexity index is 1560. The van der Waals surface area contributed by atoms with Gasteiger partial charge in [-0.3, -0.25) is 14.9 Å². The number of para-hydroxylation sites is 2. The van der Waals surface area contributed by atoms with Crippen molar-refractivity contribution in [2.45, 2.75) is 84.3 Å². The molecule has 4 amide bonds. The van der Waals surface area contributed by atoms with Crippen LogP contribution in [0.15, 0.2) is 72.8 Å². The van der Waals surface area contributed by atoms with Crippen LogP contribution in [0, 0.1) is 5.92 Å². The van der Waals surface area contributed by atoms with Crippen LogP contribution in [0.5, 0.6) is 0 Å². The minimum atomic E-state index is -0.646. The second-order valence-electron chi connectivity index (χ2n) is 13.8. The van der Waals surface area contributed by atoms with Crippen molar-refractivity contribution >= 4 is 41.1 Å². The van der Waals surface area contributed by atoms with Crippen LogP contribution in [-0.4, -0.2) is 41.7 Å². The predicted octanol–water partition coefficient (Wildman–Crippen LogP) is 7.88. The summed E-state index contributed by atoms with van der Waals surface area (Å²) in [7, 11) is 0. The molecule has 1 aliphatic rings. The molecule has 250 valence electrons. The summed E-state index contributed by atoms with van der Waals surface area (Å²) in [4.78, 5) is 49.6. The van der Waals surface area contributed by atoms with E-state index in [0.717, 1.165) is 17.7 Å². The highest BCUT2D eigenvalue weighted by Crippen LogP contribution is 2.47. The molecule has 1 saturated carbocycles. The predicted molar refractivity (Wildman–Crippen MR) is 184 cm³/mol. The van der Waals surface area contributed by atoms with Crippen molar-refractivity contribution in [1.82, 2.24) is 5.32 Å². The molecule has 4 rings (SSSR count). The molecule has 1 fully saturated rings. The van der Waals surface area contributed by atoms with Crippen molar-refractivity contribution < 1.29 is 28.7 Å². The first-order chi connectivity index (χ1) is 22.1. The summed E-state index contributed by atoms with van der Waals surface area (Å²) >= 11 is 0. The van der Waals surface area contributed by atoms with Crippen LogP contribution < -0.4 is 21.3 Å². The van der Waals surface area contributed by atoms with Gasteiger partial charge in [0.1, 0.15) is 11.2 Å². The fourth-order valence-corrected chi connectivity index (χ4v) is 5.03. The Morgan fingerprint density at radius 3 is 1.94 bits per heavy atom. The van der Waals surface area contributed by atoms with Crippen LogP contribution >= 0.6 is 0 Å². The molecule has 3 aromatic rings. The average molecular weight is 643 g/mol. The minimum Gasteiger partial charge on any atom is -0.444 e. The van der Waals surface area contributed by atoms with Gasteiger partial charge < -0.3 is 25.4 Å². The van der Waals surface area contributed by atoms with Crippen LogP contribution in [0.4, 0.5) is 26.7 Å². The van der Waals surface area contributed by atoms with Gasteiger partial charge in [0, 0.05) is 24.2 Å². The molecule has 0 heterocycles. The van der Waals surface area contributed by atoms with E-state index in [4.69, 9.17) is 9.47 Å². The second kappa shape index (κ2) is 15.2. The minimum absolute atomic E-state index is 0.0572. The smallest absolute Gasteiger partial charge is 0.412 e. The molecule has 10 nitrogen and oxygen atoms in total. The Balaban J connectivity index is 1.17. The standard InChI is InChI=1S/C37H46N4O6/c1-36(2,3)46-34(44)38-23-27-22-29(27)25-18-20-28(21-19-25)39-32(42)13-9-10-24-14-16-26(17-15-24)33(43)40-30-11-7-8-12-31(30)41-35(45)47-37(4,5)6/h7-8,11-12,14-21,27,29H,9-10,13,22-23H2,1-6H3,(H,38,44)(H,39,42)(H,40,43)(H,41,45). The molecule has 0 aliphatic heterocycles. The lowest BCUT2D eigenvalue weighted by atomic mass is 10.1. The molecule has 4 N–H and O–H groups in total. The molecule has 0 radical (unpaired) electrons. The van der Waals surface area contributed by atoms with E-state index in [-0.39, 0.29) is 11.8 Å². The maximum Gasteiger partial charge on any atom is 0.412 e. The molecular formula is C37H46N4O6. The van der Waals surface area contributed by atoms with Crippen LogP contribution in [0.2, 0.25) is 0 Å². The Morgan fingerprint density at radius 2 is 1.32 bits per heavy atom. The highest BCUT2D eigenvalue weighted by atomic mass is 16.6. The number of carbonyl (C=O) groups excluding carboxylic acids is 4. The van der Waals surface area contributed by atoms with E-state index < -0.39 is 23.4 Å². The number of hydrogen-bond acceptors (Lipinski definition) is 6. The van der Waals surface area contributed by atoms with E-state index in [9.17, 15) is 19.2 Å². The lowest BCUT2D eigenvalue weighted by Gasteiger charge is -2.20. The number of hydrogen-bond donors (Lipinski definition) is 4. The number of carbonyl (C=O) groups is 4. The summed E-state index contributed by atoms with van der Waals surface area (Å²) in [6.45, 7) is 11.4. The first-order valence-corrected chi connectivity index (χ1v) is 16.0. The lowest BCUT2D eigenvalue weighted by molar-refractivity contribution is -0.116. The van der Waals surface area contributed by atoms with Gasteiger partial charge in [-0.2, -0.15) is 0 Å². The van der Waals surface area contributed by atoms with Crippen molar-refractivity contribution in [2.24, 2.45) is 5.92 Å². The van der Waals surface area contributed by atoms with E-state index in [1.54, 1.807) is 57.2 Å². The lowest BCUT2D eigenvalue weighted by Crippen LogP contribution is -2.33. The Hall–Kier alpha value is -4.86. The molecule has 1 aliphatic carbocycles. The van der Waals surface area contributed by atoms with Crippen molar-refractivity contribution in [1.29, 1.82) is 0 Å². The van der Waals surface area contributed by atoms with Crippen molar-refractivity contribution in [3.05, 3.63) is 89.5 Å². The van der Waals surface area contributed by atoms with Crippen LogP contribution in [0.3, 0.4) is 0 Å². The average Bonchev–Trinajstić information content (AvgIpc) is 3.76. The zero-order valence-electron chi connectivity index (χ0n) is 28.1. The SMILES string of the molecule is CC(C)(C)OC(=O)NCC1CC1c1ccc(NC(=O)CCCc2ccc(C(=O)Nc3ccccc3NC(=O)OC(C)(C)C)cc2)cc1. The molecule has 10 heteroatoms. The Kier molecular flexibility index (Phi) is 11.3. The summed E-state index contributed by atoms with van der Waals surface area (Å²) < 4.78 is 10.6. The molecule has 47 heavy (non-hydrogen) atoms. The van der Waals surface area contributed by atoms with Gasteiger partial charge in [0.25, 0.3) is 5.91 Å². The first kappa shape index (κ1) is 35.0. The monoisotopic (exact) mass is 642 g/mol. The third kappa shape index (κ3) is 11.8. The van der Waals surface area contributed by atoms with Gasteiger partial charge in [-0.05, 0) is 120 Å². The van der Waals surface area contributed by atoms with Gasteiger partial charge in [0.15, 0.2) is 0 Å². The highest BCUT2D eigenvalue weighted by Gasteiger charge is 2.38. The molecular weight excluding hydrogens is 596 g/mol.